The van der Waals surface area contributed by atoms with Crippen molar-refractivity contribution >= 4 is 16.5 Å². The molecule has 0 N–H and O–H groups in total. The molecule has 0 saturated carbocycles. The van der Waals surface area contributed by atoms with Crippen molar-refractivity contribution in [2.45, 2.75) is 45.4 Å². The fourth-order valence-corrected chi connectivity index (χ4v) is 4.42. The molecule has 1 heterocycles. The van der Waals surface area contributed by atoms with Crippen LogP contribution < -0.4 is 14.4 Å². The van der Waals surface area contributed by atoms with Gasteiger partial charge in [-0.3, -0.25) is 0 Å². The second-order valence-corrected chi connectivity index (χ2v) is 8.18. The summed E-state index contributed by atoms with van der Waals surface area (Å²) in [5, 5.41) is 2.49. The summed E-state index contributed by atoms with van der Waals surface area (Å²) in [6.07, 6.45) is 0.494. The number of anilines is 1. The fourth-order valence-electron chi connectivity index (χ4n) is 4.42. The van der Waals surface area contributed by atoms with Crippen molar-refractivity contribution in [3.8, 4) is 11.5 Å². The first-order valence-electron chi connectivity index (χ1n) is 11.4. The van der Waals surface area contributed by atoms with Crippen molar-refractivity contribution in [2.75, 3.05) is 32.0 Å². The van der Waals surface area contributed by atoms with Crippen LogP contribution in [-0.4, -0.2) is 39.4 Å². The molecule has 0 saturated heterocycles. The van der Waals surface area contributed by atoms with Gasteiger partial charge in [0.2, 0.25) is 6.79 Å². The summed E-state index contributed by atoms with van der Waals surface area (Å²) in [5.41, 5.74) is 2.38. The molecule has 0 unspecified atom stereocenters. The number of rotatable bonds is 10. The van der Waals surface area contributed by atoms with E-state index in [0.717, 1.165) is 17.9 Å². The first-order valence-corrected chi connectivity index (χ1v) is 11.4. The van der Waals surface area contributed by atoms with Crippen LogP contribution in [0.15, 0.2) is 60.7 Å². The van der Waals surface area contributed by atoms with E-state index in [1.165, 1.54) is 22.0 Å². The predicted molar refractivity (Wildman–Crippen MR) is 129 cm³/mol. The summed E-state index contributed by atoms with van der Waals surface area (Å²) >= 11 is 0. The van der Waals surface area contributed by atoms with Gasteiger partial charge >= 0.3 is 0 Å². The van der Waals surface area contributed by atoms with E-state index in [0.29, 0.717) is 13.2 Å². The Morgan fingerprint density at radius 2 is 1.59 bits per heavy atom. The molecule has 2 atom stereocenters. The van der Waals surface area contributed by atoms with Crippen molar-refractivity contribution in [1.29, 1.82) is 0 Å². The van der Waals surface area contributed by atoms with Gasteiger partial charge in [-0.1, -0.05) is 36.4 Å². The zero-order valence-corrected chi connectivity index (χ0v) is 19.4. The number of fused-ring (bicyclic) bond motifs is 2. The van der Waals surface area contributed by atoms with Crippen LogP contribution in [0.5, 0.6) is 11.5 Å². The number of likely N-dealkylation sites (N-methyl/N-ethyl adjacent to an activating group) is 1. The quantitative estimate of drug-likeness (QED) is 0.367. The highest BCUT2D eigenvalue weighted by molar-refractivity contribution is 5.85. The molecule has 5 nitrogen and oxygen atoms in total. The molecule has 0 aromatic heterocycles. The number of hydrogen-bond acceptors (Lipinski definition) is 5. The van der Waals surface area contributed by atoms with E-state index >= 15 is 0 Å². The van der Waals surface area contributed by atoms with Crippen molar-refractivity contribution in [3.05, 3.63) is 66.2 Å². The van der Waals surface area contributed by atoms with E-state index in [2.05, 4.69) is 73.5 Å². The molecule has 0 bridgehead atoms. The number of nitrogens with zero attached hydrogens (tertiary/aromatic N) is 1. The monoisotopic (exact) mass is 435 g/mol. The third kappa shape index (κ3) is 4.84. The molecule has 0 fully saturated rings. The third-order valence-corrected chi connectivity index (χ3v) is 6.31. The lowest BCUT2D eigenvalue weighted by Crippen LogP contribution is -2.37. The molecule has 1 aliphatic heterocycles. The number of ether oxygens (including phenoxy) is 4. The summed E-state index contributed by atoms with van der Waals surface area (Å²) in [5.74, 6) is 1.77. The van der Waals surface area contributed by atoms with Crippen LogP contribution in [0.3, 0.4) is 0 Å². The van der Waals surface area contributed by atoms with E-state index in [1.54, 1.807) is 0 Å². The SMILES string of the molecule is CCOC(C[C@H](c1ccc2c(c1)OCO2)[C@@H](C)N(C)c1ccc2ccccc2c1)OCC. The van der Waals surface area contributed by atoms with Gasteiger partial charge in [0.25, 0.3) is 0 Å². The maximum atomic E-state index is 5.92. The van der Waals surface area contributed by atoms with E-state index in [9.17, 15) is 0 Å². The maximum absolute atomic E-state index is 5.92. The Balaban J connectivity index is 1.65. The van der Waals surface area contributed by atoms with Gasteiger partial charge in [-0.2, -0.15) is 0 Å². The molecule has 0 spiro atoms. The Bertz CT molecular complexity index is 1030. The van der Waals surface area contributed by atoms with Crippen LogP contribution in [0.4, 0.5) is 5.69 Å². The summed E-state index contributed by atoms with van der Waals surface area (Å²) in [4.78, 5) is 2.34. The molecule has 3 aromatic rings. The molecule has 0 radical (unpaired) electrons. The lowest BCUT2D eigenvalue weighted by Gasteiger charge is -2.36. The van der Waals surface area contributed by atoms with E-state index < -0.39 is 0 Å². The molecule has 1 aliphatic rings. The molecule has 32 heavy (non-hydrogen) atoms. The van der Waals surface area contributed by atoms with Crippen LogP contribution in [0, 0.1) is 0 Å². The third-order valence-electron chi connectivity index (χ3n) is 6.31. The molecule has 5 heteroatoms. The van der Waals surface area contributed by atoms with Gasteiger partial charge in [-0.05, 0) is 61.4 Å². The van der Waals surface area contributed by atoms with Crippen LogP contribution in [0.25, 0.3) is 10.8 Å². The second kappa shape index (κ2) is 10.2. The average molecular weight is 436 g/mol. The Labute approximate surface area is 190 Å². The highest BCUT2D eigenvalue weighted by Crippen LogP contribution is 2.38. The normalized spacial score (nSPS) is 14.7. The zero-order valence-electron chi connectivity index (χ0n) is 19.4. The molecule has 170 valence electrons. The molecular weight excluding hydrogens is 402 g/mol. The van der Waals surface area contributed by atoms with Gasteiger partial charge in [0, 0.05) is 44.3 Å². The minimum atomic E-state index is -0.257. The van der Waals surface area contributed by atoms with Crippen LogP contribution in [0.1, 0.15) is 38.7 Å². The number of hydrogen-bond donors (Lipinski definition) is 0. The van der Waals surface area contributed by atoms with Gasteiger partial charge in [0.05, 0.1) is 0 Å². The Morgan fingerprint density at radius 1 is 0.875 bits per heavy atom. The van der Waals surface area contributed by atoms with Gasteiger partial charge in [-0.25, -0.2) is 0 Å². The minimum Gasteiger partial charge on any atom is -0.454 e. The zero-order chi connectivity index (χ0) is 22.5. The highest BCUT2D eigenvalue weighted by Gasteiger charge is 2.29. The lowest BCUT2D eigenvalue weighted by molar-refractivity contribution is -0.142. The molecule has 0 aliphatic carbocycles. The smallest absolute Gasteiger partial charge is 0.231 e. The minimum absolute atomic E-state index is 0.170. The Morgan fingerprint density at radius 3 is 2.34 bits per heavy atom. The standard InChI is InChI=1S/C27H33NO4/c1-5-29-27(30-6-2)17-24(22-12-14-25-26(16-22)32-18-31-25)19(3)28(4)23-13-11-20-9-7-8-10-21(20)15-23/h7-16,19,24,27H,5-6,17-18H2,1-4H3/t19-,24+/m1/s1. The molecule has 3 aromatic carbocycles. The largest absolute Gasteiger partial charge is 0.454 e. The van der Waals surface area contributed by atoms with E-state index in [1.807, 2.05) is 19.9 Å². The highest BCUT2D eigenvalue weighted by atomic mass is 16.7. The average Bonchev–Trinajstić information content (AvgIpc) is 3.29. The summed E-state index contributed by atoms with van der Waals surface area (Å²) in [6.45, 7) is 7.79. The first kappa shape index (κ1) is 22.4. The van der Waals surface area contributed by atoms with Crippen molar-refractivity contribution in [3.63, 3.8) is 0 Å². The molecular formula is C27H33NO4. The van der Waals surface area contributed by atoms with Crippen molar-refractivity contribution in [1.82, 2.24) is 0 Å². The fraction of sp³-hybridized carbons (Fsp3) is 0.407. The summed E-state index contributed by atoms with van der Waals surface area (Å²) in [7, 11) is 2.16. The molecule has 4 rings (SSSR count). The topological polar surface area (TPSA) is 40.2 Å². The van der Waals surface area contributed by atoms with Crippen molar-refractivity contribution in [2.24, 2.45) is 0 Å². The van der Waals surface area contributed by atoms with Gasteiger partial charge in [0.1, 0.15) is 0 Å². The lowest BCUT2D eigenvalue weighted by atomic mass is 9.87. The summed E-state index contributed by atoms with van der Waals surface area (Å²) in [6, 6.07) is 21.5. The van der Waals surface area contributed by atoms with Crippen LogP contribution in [-0.2, 0) is 9.47 Å². The van der Waals surface area contributed by atoms with Gasteiger partial charge in [0.15, 0.2) is 17.8 Å². The van der Waals surface area contributed by atoms with Crippen LogP contribution >= 0.6 is 0 Å². The van der Waals surface area contributed by atoms with Crippen molar-refractivity contribution < 1.29 is 18.9 Å². The first-order chi connectivity index (χ1) is 15.6. The van der Waals surface area contributed by atoms with E-state index in [-0.39, 0.29) is 25.0 Å². The Hall–Kier alpha value is -2.76. The Kier molecular flexibility index (Phi) is 7.18. The van der Waals surface area contributed by atoms with Crippen LogP contribution in [0.2, 0.25) is 0 Å². The number of benzene rings is 3. The molecule has 0 amide bonds. The van der Waals surface area contributed by atoms with Gasteiger partial charge < -0.3 is 23.8 Å². The maximum Gasteiger partial charge on any atom is 0.231 e. The summed E-state index contributed by atoms with van der Waals surface area (Å²) < 4.78 is 23.0. The second-order valence-electron chi connectivity index (χ2n) is 8.18. The predicted octanol–water partition coefficient (Wildman–Crippen LogP) is 5.97. The van der Waals surface area contributed by atoms with Gasteiger partial charge in [-0.15, -0.1) is 0 Å². The van der Waals surface area contributed by atoms with E-state index in [4.69, 9.17) is 18.9 Å².